The second-order valence-corrected chi connectivity index (χ2v) is 11.0. The highest BCUT2D eigenvalue weighted by Gasteiger charge is 2.29. The van der Waals surface area contributed by atoms with Gasteiger partial charge in [-0.25, -0.2) is 14.4 Å². The third kappa shape index (κ3) is 6.13. The number of hydrogen-bond donors (Lipinski definition) is 2. The quantitative estimate of drug-likeness (QED) is 0.407. The van der Waals surface area contributed by atoms with E-state index in [9.17, 15) is 9.50 Å². The Morgan fingerprint density at radius 3 is 2.44 bits per heavy atom. The van der Waals surface area contributed by atoms with Crippen LogP contribution < -0.4 is 5.32 Å². The zero-order valence-corrected chi connectivity index (χ0v) is 21.3. The van der Waals surface area contributed by atoms with Gasteiger partial charge in [0, 0.05) is 35.8 Å². The van der Waals surface area contributed by atoms with Crippen LogP contribution in [0.4, 0.5) is 10.2 Å². The minimum Gasteiger partial charge on any atom is -0.440 e. The smallest absolute Gasteiger partial charge is 0.198 e. The fourth-order valence-corrected chi connectivity index (χ4v) is 5.50. The van der Waals surface area contributed by atoms with Crippen molar-refractivity contribution < 1.29 is 13.9 Å². The fraction of sp³-hybridized carbons (Fsp3) is 0.517. The zero-order chi connectivity index (χ0) is 25.1. The maximum atomic E-state index is 13.7. The van der Waals surface area contributed by atoms with E-state index in [1.54, 1.807) is 12.1 Å². The second kappa shape index (κ2) is 10.7. The van der Waals surface area contributed by atoms with Crippen molar-refractivity contribution in [3.63, 3.8) is 0 Å². The molecule has 2 fully saturated rings. The molecular formula is C29H37FN4O2. The molecule has 1 saturated carbocycles. The number of aromatic nitrogens is 2. The molecule has 0 atom stereocenters. The molecule has 1 aromatic carbocycles. The Labute approximate surface area is 213 Å². The summed E-state index contributed by atoms with van der Waals surface area (Å²) in [4.78, 5) is 11.8. The SMILES string of the molecule is CC(C)(O)CN1CCC(c2nc(-c3ccc(F)cc3)c(-c3ccnc(NC4CCCCC4)c3)o2)CC1. The Morgan fingerprint density at radius 1 is 1.03 bits per heavy atom. The van der Waals surface area contributed by atoms with Gasteiger partial charge in [-0.3, -0.25) is 0 Å². The Balaban J connectivity index is 1.42. The van der Waals surface area contributed by atoms with Gasteiger partial charge in [0.2, 0.25) is 0 Å². The number of nitrogens with one attached hydrogen (secondary N) is 1. The number of likely N-dealkylation sites (tertiary alicyclic amines) is 1. The number of hydrogen-bond acceptors (Lipinski definition) is 6. The molecule has 3 heterocycles. The summed E-state index contributed by atoms with van der Waals surface area (Å²) in [6.45, 7) is 6.14. The van der Waals surface area contributed by atoms with Crippen LogP contribution in [-0.2, 0) is 0 Å². The first kappa shape index (κ1) is 24.9. The van der Waals surface area contributed by atoms with Crippen LogP contribution in [0.25, 0.3) is 22.6 Å². The van der Waals surface area contributed by atoms with E-state index in [1.165, 1.54) is 44.2 Å². The van der Waals surface area contributed by atoms with Crippen LogP contribution in [0.15, 0.2) is 47.0 Å². The summed E-state index contributed by atoms with van der Waals surface area (Å²) in [6.07, 6.45) is 9.82. The minimum atomic E-state index is -0.705. The largest absolute Gasteiger partial charge is 0.440 e. The summed E-state index contributed by atoms with van der Waals surface area (Å²) in [6, 6.07) is 10.9. The molecule has 1 aliphatic heterocycles. The topological polar surface area (TPSA) is 74.4 Å². The molecule has 6 nitrogen and oxygen atoms in total. The van der Waals surface area contributed by atoms with Crippen molar-refractivity contribution in [2.75, 3.05) is 25.0 Å². The maximum absolute atomic E-state index is 13.7. The number of benzene rings is 1. The molecule has 2 aliphatic rings. The van der Waals surface area contributed by atoms with Crippen LogP contribution in [0.1, 0.15) is 70.6 Å². The van der Waals surface area contributed by atoms with Gasteiger partial charge < -0.3 is 19.7 Å². The molecule has 192 valence electrons. The number of rotatable bonds is 7. The summed E-state index contributed by atoms with van der Waals surface area (Å²) < 4.78 is 20.1. The van der Waals surface area contributed by atoms with E-state index >= 15 is 0 Å². The van der Waals surface area contributed by atoms with Gasteiger partial charge in [-0.1, -0.05) is 19.3 Å². The van der Waals surface area contributed by atoms with Crippen LogP contribution in [0.5, 0.6) is 0 Å². The first-order chi connectivity index (χ1) is 17.3. The van der Waals surface area contributed by atoms with Crippen LogP contribution in [0.3, 0.4) is 0 Å². The number of piperidine rings is 1. The number of β-amino-alcohol motifs (C(OH)–C–C–N with tert-alkyl or cyclic N) is 1. The molecule has 0 amide bonds. The van der Waals surface area contributed by atoms with Gasteiger partial charge >= 0.3 is 0 Å². The van der Waals surface area contributed by atoms with Crippen molar-refractivity contribution in [1.82, 2.24) is 14.9 Å². The van der Waals surface area contributed by atoms with E-state index in [0.29, 0.717) is 18.3 Å². The zero-order valence-electron chi connectivity index (χ0n) is 21.3. The molecule has 0 unspecified atom stereocenters. The molecule has 36 heavy (non-hydrogen) atoms. The molecule has 7 heteroatoms. The number of halogens is 1. The predicted molar refractivity (Wildman–Crippen MR) is 140 cm³/mol. The Bertz CT molecular complexity index is 1140. The third-order valence-corrected chi connectivity index (χ3v) is 7.29. The molecule has 0 bridgehead atoms. The van der Waals surface area contributed by atoms with Crippen molar-refractivity contribution in [3.05, 3.63) is 54.3 Å². The molecule has 1 saturated heterocycles. The van der Waals surface area contributed by atoms with Gasteiger partial charge in [0.1, 0.15) is 17.3 Å². The van der Waals surface area contributed by atoms with Gasteiger partial charge in [-0.15, -0.1) is 0 Å². The standard InChI is InChI=1S/C29H37FN4O2/c1-29(2,35)19-34-16-13-21(14-17-34)28-33-26(20-8-10-23(30)11-9-20)27(36-28)22-12-15-31-25(18-22)32-24-6-4-3-5-7-24/h8-12,15,18,21,24,35H,3-7,13-14,16-17,19H2,1-2H3,(H,31,32). The molecule has 5 rings (SSSR count). The average molecular weight is 493 g/mol. The van der Waals surface area contributed by atoms with E-state index < -0.39 is 5.60 Å². The summed E-state index contributed by atoms with van der Waals surface area (Å²) in [5.74, 6) is 2.21. The number of oxazole rings is 1. The van der Waals surface area contributed by atoms with E-state index in [4.69, 9.17) is 9.40 Å². The van der Waals surface area contributed by atoms with Gasteiger partial charge in [0.25, 0.3) is 0 Å². The molecule has 2 aromatic heterocycles. The normalized spacial score (nSPS) is 18.4. The lowest BCUT2D eigenvalue weighted by Crippen LogP contribution is -2.42. The first-order valence-electron chi connectivity index (χ1n) is 13.3. The second-order valence-electron chi connectivity index (χ2n) is 11.0. The lowest BCUT2D eigenvalue weighted by atomic mass is 9.95. The van der Waals surface area contributed by atoms with Gasteiger partial charge in [0.05, 0.1) is 5.60 Å². The highest BCUT2D eigenvalue weighted by atomic mass is 19.1. The molecular weight excluding hydrogens is 455 g/mol. The molecule has 1 aliphatic carbocycles. The van der Waals surface area contributed by atoms with Gasteiger partial charge in [0.15, 0.2) is 11.7 Å². The maximum Gasteiger partial charge on any atom is 0.198 e. The summed E-state index contributed by atoms with van der Waals surface area (Å²) >= 11 is 0. The van der Waals surface area contributed by atoms with Crippen molar-refractivity contribution in [2.24, 2.45) is 0 Å². The number of pyridine rings is 1. The predicted octanol–water partition coefficient (Wildman–Crippen LogP) is 6.24. The monoisotopic (exact) mass is 492 g/mol. The van der Waals surface area contributed by atoms with Crippen LogP contribution in [0.2, 0.25) is 0 Å². The highest BCUT2D eigenvalue weighted by Crippen LogP contribution is 2.38. The highest BCUT2D eigenvalue weighted by molar-refractivity contribution is 5.78. The van der Waals surface area contributed by atoms with E-state index in [1.807, 2.05) is 32.2 Å². The Hall–Kier alpha value is -2.77. The van der Waals surface area contributed by atoms with E-state index in [2.05, 4.69) is 15.2 Å². The Morgan fingerprint density at radius 2 is 1.75 bits per heavy atom. The first-order valence-corrected chi connectivity index (χ1v) is 13.3. The minimum absolute atomic E-state index is 0.206. The van der Waals surface area contributed by atoms with Gasteiger partial charge in [-0.2, -0.15) is 0 Å². The molecule has 3 aromatic rings. The van der Waals surface area contributed by atoms with E-state index in [0.717, 1.165) is 54.5 Å². The molecule has 2 N–H and O–H groups in total. The third-order valence-electron chi connectivity index (χ3n) is 7.29. The van der Waals surface area contributed by atoms with Crippen LogP contribution >= 0.6 is 0 Å². The van der Waals surface area contributed by atoms with Crippen molar-refractivity contribution in [3.8, 4) is 22.6 Å². The number of nitrogens with zero attached hydrogens (tertiary/aromatic N) is 3. The number of aliphatic hydroxyl groups is 1. The van der Waals surface area contributed by atoms with Crippen molar-refractivity contribution in [2.45, 2.75) is 76.4 Å². The van der Waals surface area contributed by atoms with Gasteiger partial charge in [-0.05, 0) is 89.0 Å². The lowest BCUT2D eigenvalue weighted by molar-refractivity contribution is 0.0273. The lowest BCUT2D eigenvalue weighted by Gasteiger charge is -2.34. The number of anilines is 1. The molecule has 0 spiro atoms. The average Bonchev–Trinajstić information content (AvgIpc) is 3.30. The van der Waals surface area contributed by atoms with Crippen LogP contribution in [0, 0.1) is 5.82 Å². The molecule has 0 radical (unpaired) electrons. The summed E-state index contributed by atoms with van der Waals surface area (Å²) in [5.41, 5.74) is 1.78. The summed E-state index contributed by atoms with van der Waals surface area (Å²) in [5, 5.41) is 13.8. The fourth-order valence-electron chi connectivity index (χ4n) is 5.50. The Kier molecular flexibility index (Phi) is 7.39. The van der Waals surface area contributed by atoms with Crippen molar-refractivity contribution >= 4 is 5.82 Å². The van der Waals surface area contributed by atoms with Crippen LogP contribution in [-0.4, -0.2) is 51.3 Å². The van der Waals surface area contributed by atoms with E-state index in [-0.39, 0.29) is 11.7 Å². The summed E-state index contributed by atoms with van der Waals surface area (Å²) in [7, 11) is 0. The van der Waals surface area contributed by atoms with Crippen molar-refractivity contribution in [1.29, 1.82) is 0 Å².